The summed E-state index contributed by atoms with van der Waals surface area (Å²) in [6, 6.07) is 0.414. The van der Waals surface area contributed by atoms with Crippen LogP contribution in [0.5, 0.6) is 0 Å². The molecule has 0 radical (unpaired) electrons. The summed E-state index contributed by atoms with van der Waals surface area (Å²) in [7, 11) is 0. The summed E-state index contributed by atoms with van der Waals surface area (Å²) in [5, 5.41) is 3.33. The van der Waals surface area contributed by atoms with Crippen molar-refractivity contribution in [1.29, 1.82) is 0 Å². The standard InChI is InChI=1S/C19H32N2O2/c22-19(11-17-10-14-1-2-16(17)9-14)20-18-3-6-21(7-4-18)12-15-5-8-23-13-15/h14-18H,1-13H2,(H,20,22)/t14-,15-,16-,17+/m0/s1. The van der Waals surface area contributed by atoms with Gasteiger partial charge in [0, 0.05) is 38.7 Å². The molecule has 1 amide bonds. The zero-order chi connectivity index (χ0) is 15.6. The van der Waals surface area contributed by atoms with Gasteiger partial charge in [-0.25, -0.2) is 0 Å². The molecule has 2 saturated carbocycles. The van der Waals surface area contributed by atoms with Gasteiger partial charge in [0.25, 0.3) is 0 Å². The Morgan fingerprint density at radius 2 is 1.96 bits per heavy atom. The van der Waals surface area contributed by atoms with Gasteiger partial charge in [0.1, 0.15) is 0 Å². The van der Waals surface area contributed by atoms with Crippen molar-refractivity contribution >= 4 is 5.91 Å². The van der Waals surface area contributed by atoms with Gasteiger partial charge in [-0.1, -0.05) is 6.42 Å². The third-order valence-electron chi connectivity index (χ3n) is 6.83. The molecule has 0 aromatic heterocycles. The number of carbonyl (C=O) groups excluding carboxylic acids is 1. The number of nitrogens with zero attached hydrogens (tertiary/aromatic N) is 1. The van der Waals surface area contributed by atoms with Crippen molar-refractivity contribution in [1.82, 2.24) is 10.2 Å². The van der Waals surface area contributed by atoms with Crippen LogP contribution >= 0.6 is 0 Å². The first-order valence-electron chi connectivity index (χ1n) is 9.85. The summed E-state index contributed by atoms with van der Waals surface area (Å²) in [5.41, 5.74) is 0. The van der Waals surface area contributed by atoms with E-state index in [1.54, 1.807) is 0 Å². The molecular formula is C19H32N2O2. The predicted molar refractivity (Wildman–Crippen MR) is 90.1 cm³/mol. The lowest BCUT2D eigenvalue weighted by atomic mass is 9.86. The highest BCUT2D eigenvalue weighted by Crippen LogP contribution is 2.49. The minimum atomic E-state index is 0.324. The minimum Gasteiger partial charge on any atom is -0.381 e. The largest absolute Gasteiger partial charge is 0.381 e. The van der Waals surface area contributed by atoms with Crippen LogP contribution in [-0.2, 0) is 9.53 Å². The Labute approximate surface area is 140 Å². The zero-order valence-electron chi connectivity index (χ0n) is 14.3. The number of ether oxygens (including phenoxy) is 1. The normalized spacial score (nSPS) is 38.3. The molecule has 0 spiro atoms. The van der Waals surface area contributed by atoms with Gasteiger partial charge in [0.2, 0.25) is 5.91 Å². The predicted octanol–water partition coefficient (Wildman–Crippen LogP) is 2.43. The van der Waals surface area contributed by atoms with Crippen LogP contribution in [0.25, 0.3) is 0 Å². The number of fused-ring (bicyclic) bond motifs is 2. The van der Waals surface area contributed by atoms with E-state index in [2.05, 4.69) is 10.2 Å². The highest BCUT2D eigenvalue weighted by molar-refractivity contribution is 5.76. The number of hydrogen-bond acceptors (Lipinski definition) is 3. The second-order valence-electron chi connectivity index (χ2n) is 8.51. The monoisotopic (exact) mass is 320 g/mol. The van der Waals surface area contributed by atoms with E-state index in [1.807, 2.05) is 0 Å². The summed E-state index contributed by atoms with van der Waals surface area (Å²) in [5.74, 6) is 3.56. The third-order valence-corrected chi connectivity index (χ3v) is 6.83. The van der Waals surface area contributed by atoms with Gasteiger partial charge in [-0.3, -0.25) is 4.79 Å². The van der Waals surface area contributed by atoms with Crippen LogP contribution in [0.4, 0.5) is 0 Å². The molecule has 4 rings (SSSR count). The van der Waals surface area contributed by atoms with E-state index in [-0.39, 0.29) is 0 Å². The number of hydrogen-bond donors (Lipinski definition) is 1. The molecule has 0 aromatic carbocycles. The molecule has 130 valence electrons. The van der Waals surface area contributed by atoms with E-state index in [9.17, 15) is 4.79 Å². The van der Waals surface area contributed by atoms with Crippen molar-refractivity contribution in [3.8, 4) is 0 Å². The number of likely N-dealkylation sites (tertiary alicyclic amines) is 1. The Morgan fingerprint density at radius 1 is 1.09 bits per heavy atom. The number of rotatable bonds is 5. The Balaban J connectivity index is 1.15. The van der Waals surface area contributed by atoms with Crippen LogP contribution in [-0.4, -0.2) is 49.7 Å². The van der Waals surface area contributed by atoms with Crippen molar-refractivity contribution in [2.24, 2.45) is 23.7 Å². The maximum Gasteiger partial charge on any atom is 0.220 e. The van der Waals surface area contributed by atoms with E-state index >= 15 is 0 Å². The summed E-state index contributed by atoms with van der Waals surface area (Å²) in [6.45, 7) is 5.34. The van der Waals surface area contributed by atoms with E-state index in [0.717, 1.165) is 63.3 Å². The average Bonchev–Trinajstić information content (AvgIpc) is 3.27. The van der Waals surface area contributed by atoms with Gasteiger partial charge in [-0.05, 0) is 62.2 Å². The number of amides is 1. The Morgan fingerprint density at radius 3 is 2.61 bits per heavy atom. The maximum absolute atomic E-state index is 12.4. The van der Waals surface area contributed by atoms with Gasteiger partial charge in [0.05, 0.1) is 6.61 Å². The molecule has 0 unspecified atom stereocenters. The number of nitrogens with one attached hydrogen (secondary N) is 1. The summed E-state index contributed by atoms with van der Waals surface area (Å²) < 4.78 is 5.47. The summed E-state index contributed by atoms with van der Waals surface area (Å²) in [6.07, 6.45) is 9.79. The van der Waals surface area contributed by atoms with Crippen molar-refractivity contribution in [3.63, 3.8) is 0 Å². The highest BCUT2D eigenvalue weighted by Gasteiger charge is 2.40. The van der Waals surface area contributed by atoms with Crippen LogP contribution in [0.3, 0.4) is 0 Å². The van der Waals surface area contributed by atoms with Crippen LogP contribution in [0, 0.1) is 23.7 Å². The van der Waals surface area contributed by atoms with Gasteiger partial charge in [-0.2, -0.15) is 0 Å². The average molecular weight is 320 g/mol. The van der Waals surface area contributed by atoms with Crippen LogP contribution in [0.15, 0.2) is 0 Å². The van der Waals surface area contributed by atoms with E-state index in [0.29, 0.717) is 17.9 Å². The van der Waals surface area contributed by atoms with Gasteiger partial charge in [-0.15, -0.1) is 0 Å². The Hall–Kier alpha value is -0.610. The topological polar surface area (TPSA) is 41.6 Å². The highest BCUT2D eigenvalue weighted by atomic mass is 16.5. The summed E-state index contributed by atoms with van der Waals surface area (Å²) in [4.78, 5) is 14.9. The molecule has 2 bridgehead atoms. The van der Waals surface area contributed by atoms with Crippen LogP contribution < -0.4 is 5.32 Å². The number of piperidine rings is 1. The second-order valence-corrected chi connectivity index (χ2v) is 8.51. The lowest BCUT2D eigenvalue weighted by Crippen LogP contribution is -2.46. The van der Waals surface area contributed by atoms with Gasteiger partial charge >= 0.3 is 0 Å². The maximum atomic E-state index is 12.4. The van der Waals surface area contributed by atoms with Crippen molar-refractivity contribution in [3.05, 3.63) is 0 Å². The molecule has 4 fully saturated rings. The van der Waals surface area contributed by atoms with Gasteiger partial charge in [0.15, 0.2) is 0 Å². The molecule has 2 heterocycles. The lowest BCUT2D eigenvalue weighted by molar-refractivity contribution is -0.123. The minimum absolute atomic E-state index is 0.324. The Kier molecular flexibility index (Phi) is 4.91. The molecule has 2 saturated heterocycles. The van der Waals surface area contributed by atoms with E-state index in [1.165, 1.54) is 38.6 Å². The molecule has 4 nitrogen and oxygen atoms in total. The molecular weight excluding hydrogens is 288 g/mol. The molecule has 2 aliphatic heterocycles. The van der Waals surface area contributed by atoms with Crippen LogP contribution in [0.2, 0.25) is 0 Å². The van der Waals surface area contributed by atoms with Crippen molar-refractivity contribution in [2.75, 3.05) is 32.8 Å². The zero-order valence-corrected chi connectivity index (χ0v) is 14.3. The molecule has 4 heteroatoms. The fraction of sp³-hybridized carbons (Fsp3) is 0.947. The lowest BCUT2D eigenvalue weighted by Gasteiger charge is -2.34. The quantitative estimate of drug-likeness (QED) is 0.846. The number of carbonyl (C=O) groups is 1. The van der Waals surface area contributed by atoms with E-state index < -0.39 is 0 Å². The third kappa shape index (κ3) is 3.90. The Bertz CT molecular complexity index is 414. The molecule has 2 aliphatic carbocycles. The smallest absolute Gasteiger partial charge is 0.220 e. The first-order valence-corrected chi connectivity index (χ1v) is 9.85. The first-order chi connectivity index (χ1) is 11.3. The fourth-order valence-electron chi connectivity index (χ4n) is 5.50. The molecule has 4 aliphatic rings. The molecule has 0 aromatic rings. The molecule has 4 atom stereocenters. The molecule has 1 N–H and O–H groups in total. The van der Waals surface area contributed by atoms with Crippen molar-refractivity contribution in [2.45, 2.75) is 57.4 Å². The van der Waals surface area contributed by atoms with Crippen molar-refractivity contribution < 1.29 is 9.53 Å². The summed E-state index contributed by atoms with van der Waals surface area (Å²) >= 11 is 0. The van der Waals surface area contributed by atoms with Crippen LogP contribution in [0.1, 0.15) is 51.4 Å². The molecule has 23 heavy (non-hydrogen) atoms. The van der Waals surface area contributed by atoms with Gasteiger partial charge < -0.3 is 15.0 Å². The fourth-order valence-corrected chi connectivity index (χ4v) is 5.50. The second kappa shape index (κ2) is 7.10. The van der Waals surface area contributed by atoms with E-state index in [4.69, 9.17) is 4.74 Å². The SMILES string of the molecule is O=C(C[C@H]1C[C@H]2CC[C@H]1C2)NC1CCN(C[C@@H]2CCOC2)CC1. The first kappa shape index (κ1) is 15.9.